The predicted octanol–water partition coefficient (Wildman–Crippen LogP) is 0.484. The molecule has 102 valence electrons. The summed E-state index contributed by atoms with van der Waals surface area (Å²) in [6.07, 6.45) is 0. The van der Waals surface area contributed by atoms with Crippen LogP contribution >= 0.6 is 0 Å². The molecule has 5 nitrogen and oxygen atoms in total. The van der Waals surface area contributed by atoms with E-state index < -0.39 is 10.8 Å². The number of hydrogen-bond donors (Lipinski definition) is 2. The molecule has 6 heteroatoms. The third kappa shape index (κ3) is 2.58. The molecule has 0 aliphatic carbocycles. The number of rotatable bonds is 1. The Morgan fingerprint density at radius 3 is 2.63 bits per heavy atom. The molecule has 1 saturated heterocycles. The van der Waals surface area contributed by atoms with Gasteiger partial charge in [-0.3, -0.25) is 9.00 Å². The molecule has 0 spiro atoms. The maximum absolute atomic E-state index is 12.4. The Morgan fingerprint density at radius 1 is 1.21 bits per heavy atom. The monoisotopic (exact) mass is 279 g/mol. The topological polar surface area (TPSA) is 61.4 Å². The number of amides is 1. The molecule has 0 radical (unpaired) electrons. The number of anilines is 2. The number of benzene rings is 1. The van der Waals surface area contributed by atoms with E-state index in [9.17, 15) is 9.00 Å². The van der Waals surface area contributed by atoms with Gasteiger partial charge in [-0.15, -0.1) is 0 Å². The van der Waals surface area contributed by atoms with Crippen molar-refractivity contribution in [2.45, 2.75) is 6.04 Å². The molecule has 2 aliphatic rings. The Labute approximate surface area is 114 Å². The number of hydrogen-bond acceptors (Lipinski definition) is 4. The van der Waals surface area contributed by atoms with Gasteiger partial charge in [-0.25, -0.2) is 0 Å². The van der Waals surface area contributed by atoms with Gasteiger partial charge in [0.2, 0.25) is 5.91 Å². The van der Waals surface area contributed by atoms with Gasteiger partial charge in [0.1, 0.15) is 6.04 Å². The van der Waals surface area contributed by atoms with Gasteiger partial charge in [-0.05, 0) is 12.1 Å². The summed E-state index contributed by atoms with van der Waals surface area (Å²) < 4.78 is 11.3. The number of carbonyl (C=O) groups excluding carboxylic acids is 1. The molecule has 0 bridgehead atoms. The molecule has 1 amide bonds. The highest BCUT2D eigenvalue weighted by atomic mass is 32.2. The largest absolute Gasteiger partial charge is 0.381 e. The van der Waals surface area contributed by atoms with E-state index in [0.29, 0.717) is 31.1 Å². The van der Waals surface area contributed by atoms with Gasteiger partial charge in [0, 0.05) is 41.9 Å². The van der Waals surface area contributed by atoms with Crippen molar-refractivity contribution in [3.8, 4) is 0 Å². The van der Waals surface area contributed by atoms with Crippen molar-refractivity contribution < 1.29 is 9.00 Å². The van der Waals surface area contributed by atoms with Crippen molar-refractivity contribution in [3.05, 3.63) is 24.3 Å². The summed E-state index contributed by atoms with van der Waals surface area (Å²) in [6, 6.07) is 7.64. The average molecular weight is 279 g/mol. The highest BCUT2D eigenvalue weighted by Crippen LogP contribution is 2.25. The average Bonchev–Trinajstić information content (AvgIpc) is 2.47. The van der Waals surface area contributed by atoms with Gasteiger partial charge in [-0.2, -0.15) is 0 Å². The van der Waals surface area contributed by atoms with Crippen LogP contribution in [0.2, 0.25) is 0 Å². The molecule has 2 heterocycles. The van der Waals surface area contributed by atoms with Crippen LogP contribution < -0.4 is 10.6 Å². The zero-order chi connectivity index (χ0) is 13.2. The minimum absolute atomic E-state index is 0.0960. The molecule has 3 rings (SSSR count). The van der Waals surface area contributed by atoms with Crippen molar-refractivity contribution in [2.75, 3.05) is 41.8 Å². The normalized spacial score (nSPS) is 23.2. The van der Waals surface area contributed by atoms with E-state index in [1.807, 2.05) is 29.2 Å². The first kappa shape index (κ1) is 12.5. The lowest BCUT2D eigenvalue weighted by atomic mass is 10.1. The maximum atomic E-state index is 12.4. The first-order chi connectivity index (χ1) is 9.24. The molecular weight excluding hydrogens is 262 g/mol. The summed E-state index contributed by atoms with van der Waals surface area (Å²) in [5, 5.41) is 6.55. The third-order valence-corrected chi connectivity index (χ3v) is 4.82. The van der Waals surface area contributed by atoms with E-state index in [1.165, 1.54) is 0 Å². The third-order valence-electron chi connectivity index (χ3n) is 3.54. The summed E-state index contributed by atoms with van der Waals surface area (Å²) in [7, 11) is -0.749. The van der Waals surface area contributed by atoms with Gasteiger partial charge in [0.25, 0.3) is 0 Å². The predicted molar refractivity (Wildman–Crippen MR) is 76.8 cm³/mol. The highest BCUT2D eigenvalue weighted by molar-refractivity contribution is 7.85. The lowest BCUT2D eigenvalue weighted by Gasteiger charge is -2.33. The van der Waals surface area contributed by atoms with E-state index in [4.69, 9.17) is 0 Å². The summed E-state index contributed by atoms with van der Waals surface area (Å²) >= 11 is 0. The number of nitrogens with one attached hydrogen (secondary N) is 2. The van der Waals surface area contributed by atoms with Gasteiger partial charge < -0.3 is 15.5 Å². The lowest BCUT2D eigenvalue weighted by Crippen LogP contribution is -2.51. The van der Waals surface area contributed by atoms with E-state index in [2.05, 4.69) is 10.6 Å². The van der Waals surface area contributed by atoms with E-state index in [-0.39, 0.29) is 11.9 Å². The zero-order valence-corrected chi connectivity index (χ0v) is 11.4. The van der Waals surface area contributed by atoms with Crippen molar-refractivity contribution >= 4 is 28.1 Å². The number of carbonyl (C=O) groups is 1. The van der Waals surface area contributed by atoms with E-state index in [1.54, 1.807) is 0 Å². The molecule has 1 fully saturated rings. The van der Waals surface area contributed by atoms with Crippen molar-refractivity contribution in [1.82, 2.24) is 4.90 Å². The second-order valence-corrected chi connectivity index (χ2v) is 6.49. The van der Waals surface area contributed by atoms with Crippen LogP contribution in [0.25, 0.3) is 0 Å². The van der Waals surface area contributed by atoms with Crippen LogP contribution in [0.1, 0.15) is 0 Å². The molecule has 1 unspecified atom stereocenters. The first-order valence-electron chi connectivity index (χ1n) is 6.47. The fraction of sp³-hybridized carbons (Fsp3) is 0.462. The Kier molecular flexibility index (Phi) is 3.42. The minimum Gasteiger partial charge on any atom is -0.381 e. The number of fused-ring (bicyclic) bond motifs is 1. The fourth-order valence-electron chi connectivity index (χ4n) is 2.44. The van der Waals surface area contributed by atoms with Crippen LogP contribution in [0.15, 0.2) is 24.3 Å². The minimum atomic E-state index is -0.749. The molecule has 1 aromatic rings. The molecule has 0 saturated carbocycles. The van der Waals surface area contributed by atoms with Crippen LogP contribution in [0.3, 0.4) is 0 Å². The van der Waals surface area contributed by atoms with Crippen molar-refractivity contribution in [2.24, 2.45) is 0 Å². The quantitative estimate of drug-likeness (QED) is 0.785. The molecule has 19 heavy (non-hydrogen) atoms. The molecule has 1 atom stereocenters. The van der Waals surface area contributed by atoms with Crippen LogP contribution in [0, 0.1) is 0 Å². The van der Waals surface area contributed by atoms with Crippen molar-refractivity contribution in [3.63, 3.8) is 0 Å². The zero-order valence-electron chi connectivity index (χ0n) is 10.6. The van der Waals surface area contributed by atoms with Crippen LogP contribution in [0.5, 0.6) is 0 Å². The Bertz CT molecular complexity index is 510. The van der Waals surface area contributed by atoms with Crippen LogP contribution in [-0.4, -0.2) is 52.2 Å². The van der Waals surface area contributed by atoms with Gasteiger partial charge >= 0.3 is 0 Å². The van der Waals surface area contributed by atoms with Crippen LogP contribution in [0.4, 0.5) is 11.4 Å². The molecule has 1 aromatic carbocycles. The second-order valence-electron chi connectivity index (χ2n) is 4.80. The molecular formula is C13H17N3O2S. The molecule has 0 aromatic heterocycles. The standard InChI is InChI=1S/C13H17N3O2S/c17-13(16-5-7-19(18)8-6-16)12-9-14-10-3-1-2-4-11(10)15-12/h1-4,12,14-15H,5-9H2. The van der Waals surface area contributed by atoms with Crippen LogP contribution in [-0.2, 0) is 15.6 Å². The van der Waals surface area contributed by atoms with Crippen molar-refractivity contribution in [1.29, 1.82) is 0 Å². The summed E-state index contributed by atoms with van der Waals surface area (Å²) in [5.41, 5.74) is 2.00. The summed E-state index contributed by atoms with van der Waals surface area (Å²) in [5.74, 6) is 1.30. The number of nitrogens with zero attached hydrogens (tertiary/aromatic N) is 1. The van der Waals surface area contributed by atoms with E-state index >= 15 is 0 Å². The smallest absolute Gasteiger partial charge is 0.246 e. The Hall–Kier alpha value is -1.56. The maximum Gasteiger partial charge on any atom is 0.246 e. The summed E-state index contributed by atoms with van der Waals surface area (Å²) in [4.78, 5) is 14.2. The summed E-state index contributed by atoms with van der Waals surface area (Å²) in [6.45, 7) is 1.80. The first-order valence-corrected chi connectivity index (χ1v) is 7.96. The Balaban J connectivity index is 1.67. The second kappa shape index (κ2) is 5.21. The van der Waals surface area contributed by atoms with Gasteiger partial charge in [-0.1, -0.05) is 12.1 Å². The highest BCUT2D eigenvalue weighted by Gasteiger charge is 2.29. The van der Waals surface area contributed by atoms with E-state index in [0.717, 1.165) is 11.4 Å². The molecule has 2 aliphatic heterocycles. The Morgan fingerprint density at radius 2 is 1.89 bits per heavy atom. The number of para-hydroxylation sites is 2. The lowest BCUT2D eigenvalue weighted by molar-refractivity contribution is -0.131. The molecule has 2 N–H and O–H groups in total. The SMILES string of the molecule is O=C(C1CNc2ccccc2N1)N1CCS(=O)CC1. The fourth-order valence-corrected chi connectivity index (χ4v) is 3.49. The van der Waals surface area contributed by atoms with Gasteiger partial charge in [0.05, 0.1) is 11.4 Å². The van der Waals surface area contributed by atoms with Gasteiger partial charge in [0.15, 0.2) is 0 Å².